The van der Waals surface area contributed by atoms with Crippen molar-refractivity contribution in [2.75, 3.05) is 18.9 Å². The number of anilines is 1. The molecular formula is C18H28N2O. The lowest BCUT2D eigenvalue weighted by Crippen LogP contribution is -2.37. The summed E-state index contributed by atoms with van der Waals surface area (Å²) in [4.78, 5) is 14.5. The molecule has 1 aliphatic carbocycles. The fraction of sp³-hybridized carbons (Fsp3) is 0.611. The highest BCUT2D eigenvalue weighted by atomic mass is 16.2. The summed E-state index contributed by atoms with van der Waals surface area (Å²) >= 11 is 0. The van der Waals surface area contributed by atoms with Crippen LogP contribution in [0.3, 0.4) is 0 Å². The van der Waals surface area contributed by atoms with Gasteiger partial charge in [-0.15, -0.1) is 0 Å². The largest absolute Gasteiger partial charge is 0.325 e. The first-order chi connectivity index (χ1) is 9.79. The number of nitrogens with one attached hydrogen (secondary N) is 1. The summed E-state index contributed by atoms with van der Waals surface area (Å²) < 4.78 is 0. The monoisotopic (exact) mass is 288 g/mol. The van der Waals surface area contributed by atoms with Crippen molar-refractivity contribution in [3.05, 3.63) is 29.8 Å². The van der Waals surface area contributed by atoms with Gasteiger partial charge < -0.3 is 5.32 Å². The zero-order valence-corrected chi connectivity index (χ0v) is 13.9. The molecule has 0 spiro atoms. The Balaban J connectivity index is 1.99. The zero-order valence-electron chi connectivity index (χ0n) is 13.9. The molecule has 0 saturated heterocycles. The molecule has 1 fully saturated rings. The highest BCUT2D eigenvalue weighted by Gasteiger charge is 2.31. The number of carbonyl (C=O) groups excluding carboxylic acids is 1. The quantitative estimate of drug-likeness (QED) is 0.897. The van der Waals surface area contributed by atoms with E-state index in [1.54, 1.807) is 0 Å². The minimum Gasteiger partial charge on any atom is -0.325 e. The maximum atomic E-state index is 12.3. The van der Waals surface area contributed by atoms with E-state index < -0.39 is 0 Å². The Morgan fingerprint density at radius 1 is 1.33 bits per heavy atom. The third-order valence-corrected chi connectivity index (χ3v) is 4.40. The SMILES string of the molecule is CC(C1CC1)N(C)CC(=O)Nc1ccccc1C(C)(C)C. The molecule has 1 amide bonds. The summed E-state index contributed by atoms with van der Waals surface area (Å²) in [5.41, 5.74) is 2.13. The van der Waals surface area contributed by atoms with Gasteiger partial charge in [0.2, 0.25) is 5.91 Å². The second-order valence-corrected chi connectivity index (χ2v) is 7.34. The van der Waals surface area contributed by atoms with E-state index in [-0.39, 0.29) is 11.3 Å². The Morgan fingerprint density at radius 3 is 2.52 bits per heavy atom. The van der Waals surface area contributed by atoms with Gasteiger partial charge in [0.1, 0.15) is 0 Å². The van der Waals surface area contributed by atoms with Crippen molar-refractivity contribution in [3.8, 4) is 0 Å². The van der Waals surface area contributed by atoms with Crippen LogP contribution in [-0.2, 0) is 10.2 Å². The topological polar surface area (TPSA) is 32.3 Å². The molecule has 2 rings (SSSR count). The molecular weight excluding hydrogens is 260 g/mol. The van der Waals surface area contributed by atoms with Crippen molar-refractivity contribution < 1.29 is 4.79 Å². The number of benzene rings is 1. The summed E-state index contributed by atoms with van der Waals surface area (Å²) in [5.74, 6) is 0.853. The van der Waals surface area contributed by atoms with Crippen molar-refractivity contribution in [1.82, 2.24) is 4.90 Å². The van der Waals surface area contributed by atoms with E-state index >= 15 is 0 Å². The van der Waals surface area contributed by atoms with Crippen molar-refractivity contribution in [3.63, 3.8) is 0 Å². The van der Waals surface area contributed by atoms with Gasteiger partial charge in [0.15, 0.2) is 0 Å². The van der Waals surface area contributed by atoms with Gasteiger partial charge in [-0.3, -0.25) is 9.69 Å². The summed E-state index contributed by atoms with van der Waals surface area (Å²) in [7, 11) is 2.04. The first kappa shape index (κ1) is 16.0. The van der Waals surface area contributed by atoms with Gasteiger partial charge in [-0.25, -0.2) is 0 Å². The molecule has 0 bridgehead atoms. The van der Waals surface area contributed by atoms with Crippen LogP contribution in [0.1, 0.15) is 46.1 Å². The Bertz CT molecular complexity index is 500. The van der Waals surface area contributed by atoms with Crippen LogP contribution in [0.5, 0.6) is 0 Å². The zero-order chi connectivity index (χ0) is 15.6. The van der Waals surface area contributed by atoms with Crippen molar-refractivity contribution >= 4 is 11.6 Å². The van der Waals surface area contributed by atoms with E-state index in [2.05, 4.69) is 44.0 Å². The predicted molar refractivity (Wildman–Crippen MR) is 88.6 cm³/mol. The molecule has 3 heteroatoms. The molecule has 0 aliphatic heterocycles. The van der Waals surface area contributed by atoms with Crippen LogP contribution < -0.4 is 5.32 Å². The van der Waals surface area contributed by atoms with E-state index in [0.29, 0.717) is 12.6 Å². The molecule has 1 unspecified atom stereocenters. The molecule has 0 aromatic heterocycles. The lowest BCUT2D eigenvalue weighted by molar-refractivity contribution is -0.117. The van der Waals surface area contributed by atoms with Gasteiger partial charge in [-0.05, 0) is 49.8 Å². The molecule has 0 radical (unpaired) electrons. The van der Waals surface area contributed by atoms with Crippen LogP contribution in [0.15, 0.2) is 24.3 Å². The van der Waals surface area contributed by atoms with Crippen LogP contribution >= 0.6 is 0 Å². The number of hydrogen-bond acceptors (Lipinski definition) is 2. The molecule has 116 valence electrons. The molecule has 1 saturated carbocycles. The standard InChI is InChI=1S/C18H28N2O/c1-13(14-10-11-14)20(5)12-17(21)19-16-9-7-6-8-15(16)18(2,3)4/h6-9,13-14H,10-12H2,1-5H3,(H,19,21). The first-order valence-corrected chi connectivity index (χ1v) is 7.88. The Labute approximate surface area is 128 Å². The lowest BCUT2D eigenvalue weighted by Gasteiger charge is -2.26. The molecule has 1 aliphatic rings. The lowest BCUT2D eigenvalue weighted by atomic mass is 9.86. The van der Waals surface area contributed by atoms with Crippen molar-refractivity contribution in [2.24, 2.45) is 5.92 Å². The number of amides is 1. The number of para-hydroxylation sites is 1. The Hall–Kier alpha value is -1.35. The molecule has 1 atom stereocenters. The number of rotatable bonds is 5. The highest BCUT2D eigenvalue weighted by Crippen LogP contribution is 2.34. The van der Waals surface area contributed by atoms with Crippen LogP contribution in [0.4, 0.5) is 5.69 Å². The third-order valence-electron chi connectivity index (χ3n) is 4.40. The van der Waals surface area contributed by atoms with Crippen molar-refractivity contribution in [1.29, 1.82) is 0 Å². The fourth-order valence-electron chi connectivity index (χ4n) is 2.74. The van der Waals surface area contributed by atoms with E-state index in [9.17, 15) is 4.79 Å². The first-order valence-electron chi connectivity index (χ1n) is 7.88. The molecule has 1 N–H and O–H groups in total. The van der Waals surface area contributed by atoms with E-state index in [1.165, 1.54) is 18.4 Å². The minimum absolute atomic E-state index is 0.0249. The van der Waals surface area contributed by atoms with Gasteiger partial charge in [0.25, 0.3) is 0 Å². The molecule has 0 heterocycles. The van der Waals surface area contributed by atoms with Gasteiger partial charge in [-0.1, -0.05) is 39.0 Å². The summed E-state index contributed by atoms with van der Waals surface area (Å²) in [6.45, 7) is 9.17. The van der Waals surface area contributed by atoms with Crippen LogP contribution in [-0.4, -0.2) is 30.4 Å². The molecule has 3 nitrogen and oxygen atoms in total. The third kappa shape index (κ3) is 4.31. The molecule has 21 heavy (non-hydrogen) atoms. The van der Waals surface area contributed by atoms with Crippen LogP contribution in [0.25, 0.3) is 0 Å². The van der Waals surface area contributed by atoms with Crippen LogP contribution in [0, 0.1) is 5.92 Å². The molecule has 1 aromatic carbocycles. The average molecular weight is 288 g/mol. The Morgan fingerprint density at radius 2 is 1.95 bits per heavy atom. The second kappa shape index (κ2) is 6.18. The fourth-order valence-corrected chi connectivity index (χ4v) is 2.74. The number of hydrogen-bond donors (Lipinski definition) is 1. The van der Waals surface area contributed by atoms with Crippen LogP contribution in [0.2, 0.25) is 0 Å². The normalized spacial score (nSPS) is 16.9. The molecule has 1 aromatic rings. The van der Waals surface area contributed by atoms with Gasteiger partial charge >= 0.3 is 0 Å². The van der Waals surface area contributed by atoms with Crippen molar-refractivity contribution in [2.45, 2.75) is 52.0 Å². The van der Waals surface area contributed by atoms with E-state index in [0.717, 1.165) is 11.6 Å². The Kier molecular flexibility index (Phi) is 4.72. The predicted octanol–water partition coefficient (Wildman–Crippen LogP) is 3.65. The maximum Gasteiger partial charge on any atom is 0.238 e. The highest BCUT2D eigenvalue weighted by molar-refractivity contribution is 5.93. The number of carbonyl (C=O) groups is 1. The van der Waals surface area contributed by atoms with Gasteiger partial charge in [-0.2, -0.15) is 0 Å². The number of nitrogens with zero attached hydrogens (tertiary/aromatic N) is 1. The van der Waals surface area contributed by atoms with E-state index in [1.807, 2.05) is 25.2 Å². The maximum absolute atomic E-state index is 12.3. The number of likely N-dealkylation sites (N-methyl/N-ethyl adjacent to an activating group) is 1. The summed E-state index contributed by atoms with van der Waals surface area (Å²) in [5, 5.41) is 3.08. The smallest absolute Gasteiger partial charge is 0.238 e. The van der Waals surface area contributed by atoms with Gasteiger partial charge in [0.05, 0.1) is 6.54 Å². The second-order valence-electron chi connectivity index (χ2n) is 7.34. The van der Waals surface area contributed by atoms with E-state index in [4.69, 9.17) is 0 Å². The average Bonchev–Trinajstić information content (AvgIpc) is 3.21. The summed E-state index contributed by atoms with van der Waals surface area (Å²) in [6, 6.07) is 8.57. The summed E-state index contributed by atoms with van der Waals surface area (Å²) in [6.07, 6.45) is 2.61. The minimum atomic E-state index is 0.0249. The van der Waals surface area contributed by atoms with Gasteiger partial charge in [0, 0.05) is 11.7 Å².